The number of rotatable bonds is 5. The Bertz CT molecular complexity index is 375. The van der Waals surface area contributed by atoms with Gasteiger partial charge in [0.2, 0.25) is 0 Å². The van der Waals surface area contributed by atoms with Crippen LogP contribution in [0.5, 0.6) is 0 Å². The zero-order valence-electron chi connectivity index (χ0n) is 11.4. The highest BCUT2D eigenvalue weighted by atomic mass is 17.1. The van der Waals surface area contributed by atoms with E-state index in [-0.39, 0.29) is 12.4 Å². The van der Waals surface area contributed by atoms with Crippen LogP contribution in [0.4, 0.5) is 0 Å². The minimum absolute atomic E-state index is 0.0905. The third kappa shape index (κ3) is 2.44. The largest absolute Gasteiger partial charge is 0.255 e. The highest BCUT2D eigenvalue weighted by Crippen LogP contribution is 2.24. The monoisotopic (exact) mass is 195 g/mol. The molecule has 0 bridgehead atoms. The van der Waals surface area contributed by atoms with E-state index in [9.17, 15) is 0 Å². The summed E-state index contributed by atoms with van der Waals surface area (Å²) in [7, 11) is 0. The molecule has 76 valence electrons. The molecule has 0 spiro atoms. The fourth-order valence-corrected chi connectivity index (χ4v) is 1.46. The van der Waals surface area contributed by atoms with Crippen molar-refractivity contribution in [2.75, 3.05) is 0 Å². The van der Waals surface area contributed by atoms with E-state index in [1.54, 1.807) is 6.92 Å². The van der Waals surface area contributed by atoms with Crippen LogP contribution < -0.4 is 0 Å². The van der Waals surface area contributed by atoms with Crippen molar-refractivity contribution < 1.29 is 12.9 Å². The first-order valence-electron chi connectivity index (χ1n) is 5.96. The van der Waals surface area contributed by atoms with E-state index in [0.717, 1.165) is 5.56 Å². The summed E-state index contributed by atoms with van der Waals surface area (Å²) < 4.78 is 21.3. The van der Waals surface area contributed by atoms with Gasteiger partial charge in [-0.15, -0.1) is 0 Å². The van der Waals surface area contributed by atoms with E-state index in [4.69, 9.17) is 9.06 Å². The Morgan fingerprint density at radius 1 is 1.57 bits per heavy atom. The van der Waals surface area contributed by atoms with Crippen LogP contribution in [0.1, 0.15) is 28.1 Å². The topological polar surface area (TPSA) is 29.5 Å². The van der Waals surface area contributed by atoms with Crippen molar-refractivity contribution in [2.45, 2.75) is 25.9 Å². The predicted molar refractivity (Wildman–Crippen MR) is 57.2 cm³/mol. The molecule has 0 radical (unpaired) electrons. The summed E-state index contributed by atoms with van der Waals surface area (Å²) in [5, 5.41) is 3.97. The Hall–Kier alpha value is -1.12. The molecule has 0 saturated carbocycles. The molecule has 0 aliphatic rings. The lowest BCUT2D eigenvalue weighted by Gasteiger charge is -2.21. The van der Waals surface area contributed by atoms with Gasteiger partial charge in [-0.3, -0.25) is 5.26 Å². The normalized spacial score (nSPS) is 17.4. The Kier molecular flexibility index (Phi) is 2.54. The fraction of sp³-hybridized carbons (Fsp3) is 0.333. The second kappa shape index (κ2) is 4.94. The van der Waals surface area contributed by atoms with Gasteiger partial charge in [-0.2, -0.15) is 0 Å². The van der Waals surface area contributed by atoms with E-state index >= 15 is 0 Å². The molecule has 1 N–H and O–H groups in total. The molecule has 0 heterocycles. The lowest BCUT2D eigenvalue weighted by atomic mass is 9.92. The molecule has 0 amide bonds. The third-order valence-electron chi connectivity index (χ3n) is 2.31. The maximum Gasteiger partial charge on any atom is 0.255 e. The minimum atomic E-state index is -0.597. The lowest BCUT2D eigenvalue weighted by molar-refractivity contribution is -0.272. The molecule has 0 fully saturated rings. The molecular weight excluding hydrogens is 176 g/mol. The van der Waals surface area contributed by atoms with Crippen molar-refractivity contribution in [3.8, 4) is 0 Å². The van der Waals surface area contributed by atoms with Crippen LogP contribution >= 0.6 is 0 Å². The number of hydrogen-bond donors (Lipinski definition) is 1. The molecule has 0 unspecified atom stereocenters. The van der Waals surface area contributed by atoms with E-state index in [0.29, 0.717) is 5.57 Å². The van der Waals surface area contributed by atoms with Crippen molar-refractivity contribution >= 4 is 0 Å². The van der Waals surface area contributed by atoms with Gasteiger partial charge in [-0.25, -0.2) is 4.89 Å². The average Bonchev–Trinajstić information content (AvgIpc) is 2.35. The lowest BCUT2D eigenvalue weighted by Crippen LogP contribution is -2.19. The maximum absolute atomic E-state index is 7.30. The quantitative estimate of drug-likeness (QED) is 0.444. The van der Waals surface area contributed by atoms with Crippen LogP contribution in [0.2, 0.25) is 0 Å². The summed E-state index contributed by atoms with van der Waals surface area (Å²) in [5.74, 6) is -0.0905. The Morgan fingerprint density at radius 2 is 2.29 bits per heavy atom. The molecule has 1 aromatic carbocycles. The van der Waals surface area contributed by atoms with Gasteiger partial charge in [-0.05, 0) is 18.1 Å². The van der Waals surface area contributed by atoms with Gasteiger partial charge in [0.15, 0.2) is 0 Å². The van der Waals surface area contributed by atoms with Crippen molar-refractivity contribution in [1.29, 1.82) is 1.43 Å². The Morgan fingerprint density at radius 3 is 2.86 bits per heavy atom. The van der Waals surface area contributed by atoms with Gasteiger partial charge in [0.05, 0.1) is 2.74 Å². The second-order valence-electron chi connectivity index (χ2n) is 3.40. The molecule has 1 aromatic rings. The van der Waals surface area contributed by atoms with Gasteiger partial charge in [0, 0.05) is 5.92 Å². The van der Waals surface area contributed by atoms with Gasteiger partial charge >= 0.3 is 0 Å². The van der Waals surface area contributed by atoms with E-state index in [1.807, 2.05) is 37.3 Å². The summed E-state index contributed by atoms with van der Waals surface area (Å²) in [5.41, 5.74) is 1.45. The zero-order valence-corrected chi connectivity index (χ0v) is 8.36. The molecule has 14 heavy (non-hydrogen) atoms. The van der Waals surface area contributed by atoms with E-state index < -0.39 is 6.10 Å². The molecule has 0 aliphatic heterocycles. The number of benzene rings is 1. The van der Waals surface area contributed by atoms with E-state index in [2.05, 4.69) is 5.26 Å². The summed E-state index contributed by atoms with van der Waals surface area (Å²) in [6, 6.07) is 9.60. The molecule has 2 atom stereocenters. The predicted octanol–water partition coefficient (Wildman–Crippen LogP) is 3.22. The first-order chi connectivity index (χ1) is 8.07. The molecule has 2 heteroatoms. The first kappa shape index (κ1) is 7.21. The van der Waals surface area contributed by atoms with Gasteiger partial charge < -0.3 is 0 Å². The SMILES string of the molecule is [2H]OO[C@H](C(C)=C([2H])[2H])[C@H](C)c1ccccc1. The van der Waals surface area contributed by atoms with Crippen LogP contribution in [0.25, 0.3) is 1.43 Å². The van der Waals surface area contributed by atoms with Crippen LogP contribution in [0.3, 0.4) is 0 Å². The summed E-state index contributed by atoms with van der Waals surface area (Å²) in [6.07, 6.45) is -0.597. The Labute approximate surface area is 89.1 Å². The van der Waals surface area contributed by atoms with Crippen molar-refractivity contribution in [2.24, 2.45) is 0 Å². The molecule has 0 aliphatic carbocycles. The summed E-state index contributed by atoms with van der Waals surface area (Å²) in [4.78, 5) is 4.85. The van der Waals surface area contributed by atoms with Crippen molar-refractivity contribution in [1.82, 2.24) is 0 Å². The second-order valence-corrected chi connectivity index (χ2v) is 3.40. The van der Waals surface area contributed by atoms with Crippen LogP contribution in [-0.4, -0.2) is 11.4 Å². The Balaban J connectivity index is 2.96. The smallest absolute Gasteiger partial charge is 0.251 e. The highest BCUT2D eigenvalue weighted by molar-refractivity contribution is 5.23. The summed E-state index contributed by atoms with van der Waals surface area (Å²) >= 11 is 0. The molecular formula is C12H16O2. The molecule has 0 saturated heterocycles. The molecule has 1 rings (SSSR count). The summed E-state index contributed by atoms with van der Waals surface area (Å²) in [6.45, 7) is 3.24. The zero-order chi connectivity index (χ0) is 12.8. The van der Waals surface area contributed by atoms with Crippen molar-refractivity contribution in [3.05, 3.63) is 48.0 Å². The maximum atomic E-state index is 7.30. The molecule has 0 aromatic heterocycles. The van der Waals surface area contributed by atoms with Crippen LogP contribution in [-0.2, 0) is 4.89 Å². The van der Waals surface area contributed by atoms with Gasteiger partial charge in [-0.1, -0.05) is 43.8 Å². The van der Waals surface area contributed by atoms with Gasteiger partial charge in [0.25, 0.3) is 1.43 Å². The molecule has 2 nitrogen and oxygen atoms in total. The fourth-order valence-electron chi connectivity index (χ4n) is 1.46. The van der Waals surface area contributed by atoms with Gasteiger partial charge in [0.1, 0.15) is 6.10 Å². The van der Waals surface area contributed by atoms with Crippen molar-refractivity contribution in [3.63, 3.8) is 0 Å². The highest BCUT2D eigenvalue weighted by Gasteiger charge is 2.20. The van der Waals surface area contributed by atoms with Crippen LogP contribution in [0, 0.1) is 0 Å². The third-order valence-corrected chi connectivity index (χ3v) is 2.31. The standard InChI is InChI=1S/C12H16O2/c1-9(2)12(14-13)10(3)11-7-5-4-6-8-11/h4-8,10,12-13H,1H2,2-3H3/t10-,12-/m1/s1/i1D2/hD. The first-order valence-corrected chi connectivity index (χ1v) is 4.55. The van der Waals surface area contributed by atoms with Crippen LogP contribution in [0.15, 0.2) is 42.4 Å². The number of hydrogen-bond acceptors (Lipinski definition) is 2. The van der Waals surface area contributed by atoms with E-state index in [1.165, 1.54) is 0 Å². The average molecular weight is 195 g/mol. The minimum Gasteiger partial charge on any atom is -0.251 e.